The highest BCUT2D eigenvalue weighted by Crippen LogP contribution is 2.21. The SMILES string of the molecule is CSCC[C@H](NC(=O)[C@@H](Cc1ccccc1)NC(=O)[C@H](Cc1c[nH]cn1)NC(=O)CNC(=O)[C@@H](NC(=O)[C@H](C)NC(=O)[C@H](Cc1c[nH]c2ccccc12)NC(=O)[C@H](CCC(N)=O)NC(=O)[C@@H](Cc1ccc(O)cc1)NC(=O)[C@@H](Cc1ccc(O)cc1)NC(=O)c1ccc(NN)nc1)C(C)C)C(N)=O. The lowest BCUT2D eigenvalue weighted by atomic mass is 10.0. The van der Waals surface area contributed by atoms with E-state index in [2.05, 4.69) is 78.5 Å². The minimum atomic E-state index is -1.65. The number of phenolic OH excluding ortho intramolecular Hbond substituents is 2. The molecule has 546 valence electrons. The minimum Gasteiger partial charge on any atom is -0.508 e. The number of amides is 12. The lowest BCUT2D eigenvalue weighted by Crippen LogP contribution is -2.60. The van der Waals surface area contributed by atoms with E-state index in [9.17, 15) is 67.7 Å². The van der Waals surface area contributed by atoms with Crippen molar-refractivity contribution in [2.75, 3.05) is 24.0 Å². The third-order valence-corrected chi connectivity index (χ3v) is 17.1. The number of hydrazine groups is 1. The lowest BCUT2D eigenvalue weighted by molar-refractivity contribution is -0.135. The van der Waals surface area contributed by atoms with Gasteiger partial charge < -0.3 is 90.2 Å². The van der Waals surface area contributed by atoms with Crippen LogP contribution in [0.2, 0.25) is 0 Å². The van der Waals surface area contributed by atoms with Crippen LogP contribution in [0.5, 0.6) is 11.5 Å². The summed E-state index contributed by atoms with van der Waals surface area (Å²) in [5.74, 6) is -4.89. The second-order valence-electron chi connectivity index (χ2n) is 24.7. The molecule has 0 fully saturated rings. The molecule has 9 atom stereocenters. The number of para-hydroxylation sites is 1. The number of H-pyrrole nitrogens is 2. The number of hydrogen-bond acceptors (Lipinski definition) is 19. The summed E-state index contributed by atoms with van der Waals surface area (Å²) >= 11 is 1.44. The van der Waals surface area contributed by atoms with Gasteiger partial charge >= 0.3 is 0 Å². The van der Waals surface area contributed by atoms with E-state index in [4.69, 9.17) is 17.3 Å². The predicted molar refractivity (Wildman–Crippen MR) is 381 cm³/mol. The molecule has 103 heavy (non-hydrogen) atoms. The van der Waals surface area contributed by atoms with Gasteiger partial charge in [-0.3, -0.25) is 57.5 Å². The van der Waals surface area contributed by atoms with Crippen LogP contribution in [0.25, 0.3) is 10.9 Å². The molecule has 4 aromatic carbocycles. The maximum Gasteiger partial charge on any atom is 0.253 e. The summed E-state index contributed by atoms with van der Waals surface area (Å²) in [5.41, 5.74) is 16.7. The Bertz CT molecular complexity index is 4070. The highest BCUT2D eigenvalue weighted by atomic mass is 32.2. The smallest absolute Gasteiger partial charge is 0.253 e. The quantitative estimate of drug-likeness (QED) is 0.0170. The third-order valence-electron chi connectivity index (χ3n) is 16.5. The van der Waals surface area contributed by atoms with E-state index in [0.29, 0.717) is 44.6 Å². The van der Waals surface area contributed by atoms with Crippen LogP contribution in [0.1, 0.15) is 78.3 Å². The van der Waals surface area contributed by atoms with Crippen LogP contribution in [-0.4, -0.2) is 174 Å². The minimum absolute atomic E-state index is 0.0130. The molecule has 0 spiro atoms. The summed E-state index contributed by atoms with van der Waals surface area (Å²) in [6.45, 7) is 3.81. The summed E-state index contributed by atoms with van der Waals surface area (Å²) in [6, 6.07) is 17.5. The molecule has 3 heterocycles. The third kappa shape index (κ3) is 24.5. The maximum atomic E-state index is 14.8. The first-order chi connectivity index (χ1) is 49.3. The summed E-state index contributed by atoms with van der Waals surface area (Å²) in [6.07, 6.45) is 5.98. The molecule has 7 rings (SSSR count). The van der Waals surface area contributed by atoms with Gasteiger partial charge in [-0.25, -0.2) is 15.8 Å². The predicted octanol–water partition coefficient (Wildman–Crippen LogP) is -0.531. The Hall–Kier alpha value is -11.9. The van der Waals surface area contributed by atoms with Gasteiger partial charge in [0.2, 0.25) is 65.0 Å². The van der Waals surface area contributed by atoms with Gasteiger partial charge in [-0.2, -0.15) is 11.8 Å². The van der Waals surface area contributed by atoms with Gasteiger partial charge in [0.05, 0.1) is 24.1 Å². The second-order valence-corrected chi connectivity index (χ2v) is 25.6. The first-order valence-corrected chi connectivity index (χ1v) is 34.3. The number of nitrogens with zero attached hydrogens (tertiary/aromatic N) is 2. The van der Waals surface area contributed by atoms with Gasteiger partial charge in [0.1, 0.15) is 71.7 Å². The van der Waals surface area contributed by atoms with Gasteiger partial charge in [-0.05, 0) is 102 Å². The van der Waals surface area contributed by atoms with Crippen molar-refractivity contribution in [3.8, 4) is 11.5 Å². The Labute approximate surface area is 596 Å². The zero-order chi connectivity index (χ0) is 74.7. The molecular formula is C70H86N18O14S. The number of hydrogen-bond donors (Lipinski definition) is 18. The Kier molecular flexibility index (Phi) is 29.4. The van der Waals surface area contributed by atoms with Crippen molar-refractivity contribution < 1.29 is 67.7 Å². The van der Waals surface area contributed by atoms with E-state index in [1.54, 1.807) is 74.6 Å². The number of rotatable bonds is 39. The molecule has 0 saturated carbocycles. The van der Waals surface area contributed by atoms with Gasteiger partial charge in [-0.15, -0.1) is 0 Å². The van der Waals surface area contributed by atoms with E-state index < -0.39 is 151 Å². The molecule has 3 aromatic heterocycles. The Morgan fingerprint density at radius 3 is 1.57 bits per heavy atom. The number of carbonyl (C=O) groups excluding carboxylic acids is 12. The summed E-state index contributed by atoms with van der Waals surface area (Å²) < 4.78 is 0. The van der Waals surface area contributed by atoms with Crippen LogP contribution in [0, 0.1) is 5.92 Å². The monoisotopic (exact) mass is 1430 g/mol. The fraction of sp³-hybridized carbons (Fsp3) is 0.343. The molecule has 0 aliphatic heterocycles. The van der Waals surface area contributed by atoms with Crippen molar-refractivity contribution in [1.82, 2.24) is 73.1 Å². The molecule has 32 nitrogen and oxygen atoms in total. The zero-order valence-electron chi connectivity index (χ0n) is 57.0. The number of benzene rings is 4. The van der Waals surface area contributed by atoms with Gasteiger partial charge in [0, 0.05) is 68.0 Å². The van der Waals surface area contributed by atoms with Crippen molar-refractivity contribution in [3.63, 3.8) is 0 Å². The van der Waals surface area contributed by atoms with E-state index >= 15 is 0 Å². The highest BCUT2D eigenvalue weighted by molar-refractivity contribution is 7.98. The van der Waals surface area contributed by atoms with E-state index in [1.807, 2.05) is 6.26 Å². The number of fused-ring (bicyclic) bond motifs is 1. The first kappa shape index (κ1) is 78.5. The molecular weight excluding hydrogens is 1350 g/mol. The average molecular weight is 1440 g/mol. The van der Waals surface area contributed by atoms with Gasteiger partial charge in [-0.1, -0.05) is 86.6 Å². The van der Waals surface area contributed by atoms with Crippen LogP contribution in [0.4, 0.5) is 5.82 Å². The second kappa shape index (κ2) is 38.6. The molecule has 33 heteroatoms. The van der Waals surface area contributed by atoms with E-state index in [1.165, 1.54) is 98.1 Å². The number of anilines is 1. The van der Waals surface area contributed by atoms with Crippen LogP contribution < -0.4 is 75.9 Å². The molecule has 21 N–H and O–H groups in total. The number of aromatic amines is 2. The molecule has 7 aromatic rings. The first-order valence-electron chi connectivity index (χ1n) is 32.9. The van der Waals surface area contributed by atoms with Crippen LogP contribution in [0.3, 0.4) is 0 Å². The Morgan fingerprint density at radius 1 is 0.515 bits per heavy atom. The van der Waals surface area contributed by atoms with Crippen molar-refractivity contribution in [1.29, 1.82) is 0 Å². The Balaban J connectivity index is 1.06. The van der Waals surface area contributed by atoms with Crippen molar-refractivity contribution in [2.24, 2.45) is 23.2 Å². The zero-order valence-corrected chi connectivity index (χ0v) is 57.8. The van der Waals surface area contributed by atoms with E-state index in [0.717, 1.165) is 0 Å². The summed E-state index contributed by atoms with van der Waals surface area (Å²) in [5, 5.41) is 47.1. The number of aromatic hydroxyl groups is 2. The molecule has 0 radical (unpaired) electrons. The van der Waals surface area contributed by atoms with Crippen LogP contribution in [-0.2, 0) is 84.8 Å². The van der Waals surface area contributed by atoms with Crippen molar-refractivity contribution in [3.05, 3.63) is 174 Å². The summed E-state index contributed by atoms with van der Waals surface area (Å²) in [4.78, 5) is 181. The number of nitrogens with two attached hydrogens (primary N) is 3. The number of carbonyl (C=O) groups is 12. The van der Waals surface area contributed by atoms with Gasteiger partial charge in [0.15, 0.2) is 0 Å². The fourth-order valence-corrected chi connectivity index (χ4v) is 11.2. The van der Waals surface area contributed by atoms with Crippen LogP contribution >= 0.6 is 11.8 Å². The molecule has 0 bridgehead atoms. The number of aromatic nitrogens is 4. The largest absolute Gasteiger partial charge is 0.508 e. The fourth-order valence-electron chi connectivity index (χ4n) is 10.8. The number of nitrogens with one attached hydrogen (secondary N) is 13. The molecule has 0 unspecified atom stereocenters. The highest BCUT2D eigenvalue weighted by Gasteiger charge is 2.36. The number of nitrogen functional groups attached to an aromatic ring is 1. The number of primary amides is 2. The van der Waals surface area contributed by atoms with E-state index in [-0.39, 0.29) is 61.4 Å². The topological polar surface area (TPSA) is 513 Å². The normalized spacial score (nSPS) is 13.7. The number of phenols is 2. The molecule has 0 aliphatic carbocycles. The molecule has 0 saturated heterocycles. The maximum absolute atomic E-state index is 14.8. The molecule has 12 amide bonds. The summed E-state index contributed by atoms with van der Waals surface area (Å²) in [7, 11) is 0. The van der Waals surface area contributed by atoms with Crippen molar-refractivity contribution >= 4 is 99.4 Å². The number of imidazole rings is 1. The standard InChI is InChI=1S/C70H86N18O14S/c1-38(2)60(70(102)77-36-59(92)80-56(32-45-35-74-37-78-45)69(101)85-53(28-40-10-6-5-7-11-40)66(98)81-50(61(72)93)26-27-103-4)87-62(94)39(3)79-65(97)55(31-44-34-75-49-13-9-8-12-48(44)49)86-64(96)51(23-24-57(71)91)82-67(99)54(30-42-16-21-47(90)22-17-42)84-68(100)52(29-41-14-19-46(89)20-15-41)83-63(95)43-18-25-58(88-73)76-33-43/h5-22,25,33-35,37-39,50-56,60,75,89-90H,23-24,26-32,36,73H2,1-4H3,(H2,71,91)(H2,72,93)(H,74,78)(H,76,88)(H,77,102)(H,79,97)(H,80,92)(H,81,98)(H,82,99)(H,83,95)(H,84,100)(H,85,101)(H,86,96)(H,87,94)/t39-,50-,51-,52+,53+,54+,55-,56-,60-/m0/s1. The molecule has 0 aliphatic rings. The van der Waals surface area contributed by atoms with Crippen molar-refractivity contribution in [2.45, 2.75) is 127 Å². The van der Waals surface area contributed by atoms with Gasteiger partial charge in [0.25, 0.3) is 5.91 Å². The average Bonchev–Trinajstić information content (AvgIpc) is 1.74. The van der Waals surface area contributed by atoms with Crippen LogP contribution in [0.15, 0.2) is 140 Å². The lowest BCUT2D eigenvalue weighted by Gasteiger charge is -2.27. The Morgan fingerprint density at radius 2 is 1.04 bits per heavy atom. The number of thioether (sulfide) groups is 1. The number of pyridine rings is 1.